The molecule has 0 bridgehead atoms. The SMILES string of the molecule is COc1ccc2cc([C@@H](c3nnnn3C[C@H]3CCCO3)N3CCC(Cc4ccccc4)CC3)c(=O)[nH]c2c1. The molecule has 0 aliphatic carbocycles. The fourth-order valence-corrected chi connectivity index (χ4v) is 5.91. The van der Waals surface area contributed by atoms with Crippen LogP contribution in [-0.4, -0.2) is 63.0 Å². The molecule has 9 heteroatoms. The summed E-state index contributed by atoms with van der Waals surface area (Å²) in [7, 11) is 1.62. The fourth-order valence-electron chi connectivity index (χ4n) is 5.91. The number of hydrogen-bond acceptors (Lipinski definition) is 7. The topological polar surface area (TPSA) is 98.2 Å². The molecule has 6 rings (SSSR count). The molecule has 2 aliphatic rings. The van der Waals surface area contributed by atoms with Crippen molar-refractivity contribution in [3.05, 3.63) is 81.9 Å². The van der Waals surface area contributed by atoms with Gasteiger partial charge >= 0.3 is 0 Å². The molecule has 2 atom stereocenters. The lowest BCUT2D eigenvalue weighted by molar-refractivity contribution is 0.0892. The summed E-state index contributed by atoms with van der Waals surface area (Å²) < 4.78 is 13.1. The molecule has 2 fully saturated rings. The van der Waals surface area contributed by atoms with Gasteiger partial charge in [-0.1, -0.05) is 30.3 Å². The lowest BCUT2D eigenvalue weighted by Gasteiger charge is -2.37. The van der Waals surface area contributed by atoms with Crippen molar-refractivity contribution in [1.29, 1.82) is 0 Å². The smallest absolute Gasteiger partial charge is 0.253 e. The molecule has 4 heterocycles. The van der Waals surface area contributed by atoms with Crippen molar-refractivity contribution >= 4 is 10.9 Å². The van der Waals surface area contributed by atoms with Gasteiger partial charge in [-0.05, 0) is 90.7 Å². The number of rotatable bonds is 8. The van der Waals surface area contributed by atoms with Gasteiger partial charge in [-0.25, -0.2) is 4.68 Å². The Kier molecular flexibility index (Phi) is 7.20. The molecule has 38 heavy (non-hydrogen) atoms. The predicted molar refractivity (Wildman–Crippen MR) is 144 cm³/mol. The second-order valence-electron chi connectivity index (χ2n) is 10.4. The number of ether oxygens (including phenoxy) is 2. The van der Waals surface area contributed by atoms with Crippen LogP contribution in [0.15, 0.2) is 59.4 Å². The van der Waals surface area contributed by atoms with Crippen molar-refractivity contribution in [2.75, 3.05) is 26.8 Å². The van der Waals surface area contributed by atoms with Gasteiger partial charge in [0, 0.05) is 18.2 Å². The van der Waals surface area contributed by atoms with Crippen LogP contribution in [0.2, 0.25) is 0 Å². The van der Waals surface area contributed by atoms with Crippen LogP contribution in [0, 0.1) is 5.92 Å². The standard InChI is InChI=1S/C29H34N6O3/c1-37-23-10-9-22-17-25(29(36)30-26(22)18-23)27(28-31-32-33-35(28)19-24-8-5-15-38-24)34-13-11-21(12-14-34)16-20-6-3-2-4-7-20/h2-4,6-7,9-10,17-18,21,24,27H,5,8,11-16,19H2,1H3,(H,30,36)/t24-,27+/m1/s1. The lowest BCUT2D eigenvalue weighted by Crippen LogP contribution is -2.41. The summed E-state index contributed by atoms with van der Waals surface area (Å²) in [6.45, 7) is 3.10. The van der Waals surface area contributed by atoms with Crippen LogP contribution in [0.4, 0.5) is 0 Å². The van der Waals surface area contributed by atoms with Crippen LogP contribution < -0.4 is 10.3 Å². The molecule has 2 aromatic heterocycles. The Morgan fingerprint density at radius 2 is 1.95 bits per heavy atom. The van der Waals surface area contributed by atoms with E-state index in [4.69, 9.17) is 9.47 Å². The first-order valence-corrected chi connectivity index (χ1v) is 13.5. The van der Waals surface area contributed by atoms with E-state index in [1.807, 2.05) is 28.9 Å². The molecule has 0 amide bonds. The van der Waals surface area contributed by atoms with E-state index in [2.05, 4.69) is 55.7 Å². The molecule has 0 spiro atoms. The van der Waals surface area contributed by atoms with Crippen molar-refractivity contribution in [3.8, 4) is 5.75 Å². The summed E-state index contributed by atoms with van der Waals surface area (Å²) in [6, 6.07) is 18.1. The van der Waals surface area contributed by atoms with E-state index in [-0.39, 0.29) is 17.7 Å². The highest BCUT2D eigenvalue weighted by Crippen LogP contribution is 2.32. The maximum Gasteiger partial charge on any atom is 0.253 e. The second-order valence-corrected chi connectivity index (χ2v) is 10.4. The number of pyridine rings is 1. The Hall–Kier alpha value is -3.56. The number of methoxy groups -OCH3 is 1. The minimum atomic E-state index is -0.348. The monoisotopic (exact) mass is 514 g/mol. The third-order valence-corrected chi connectivity index (χ3v) is 7.96. The average Bonchev–Trinajstić information content (AvgIpc) is 3.63. The predicted octanol–water partition coefficient (Wildman–Crippen LogP) is 3.75. The first kappa shape index (κ1) is 24.8. The summed E-state index contributed by atoms with van der Waals surface area (Å²) in [4.78, 5) is 19.0. The molecule has 2 aliphatic heterocycles. The quantitative estimate of drug-likeness (QED) is 0.382. The minimum Gasteiger partial charge on any atom is -0.497 e. The van der Waals surface area contributed by atoms with E-state index in [9.17, 15) is 4.79 Å². The van der Waals surface area contributed by atoms with E-state index < -0.39 is 0 Å². The van der Waals surface area contributed by atoms with Gasteiger partial charge in [0.05, 0.1) is 25.3 Å². The minimum absolute atomic E-state index is 0.0943. The van der Waals surface area contributed by atoms with Crippen molar-refractivity contribution < 1.29 is 9.47 Å². The first-order chi connectivity index (χ1) is 18.7. The molecule has 198 valence electrons. The summed E-state index contributed by atoms with van der Waals surface area (Å²) in [5.74, 6) is 2.01. The Morgan fingerprint density at radius 1 is 1.11 bits per heavy atom. The van der Waals surface area contributed by atoms with E-state index in [0.29, 0.717) is 29.6 Å². The van der Waals surface area contributed by atoms with Gasteiger partial charge in [0.2, 0.25) is 0 Å². The largest absolute Gasteiger partial charge is 0.497 e. The van der Waals surface area contributed by atoms with Gasteiger partial charge < -0.3 is 14.5 Å². The van der Waals surface area contributed by atoms with E-state index in [1.165, 1.54) is 5.56 Å². The van der Waals surface area contributed by atoms with Crippen LogP contribution in [0.5, 0.6) is 5.75 Å². The Bertz CT molecular complexity index is 1420. The zero-order valence-corrected chi connectivity index (χ0v) is 21.8. The molecule has 0 radical (unpaired) electrons. The third kappa shape index (κ3) is 5.21. The zero-order valence-electron chi connectivity index (χ0n) is 21.8. The summed E-state index contributed by atoms with van der Waals surface area (Å²) in [5, 5.41) is 13.8. The highest BCUT2D eigenvalue weighted by atomic mass is 16.5. The Morgan fingerprint density at radius 3 is 2.71 bits per heavy atom. The average molecular weight is 515 g/mol. The lowest BCUT2D eigenvalue weighted by atomic mass is 9.89. The second kappa shape index (κ2) is 11.0. The summed E-state index contributed by atoms with van der Waals surface area (Å²) in [6.07, 6.45) is 5.33. The van der Waals surface area contributed by atoms with Crippen molar-refractivity contribution in [3.63, 3.8) is 0 Å². The molecule has 0 unspecified atom stereocenters. The van der Waals surface area contributed by atoms with Crippen LogP contribution in [0.3, 0.4) is 0 Å². The number of likely N-dealkylation sites (tertiary alicyclic amines) is 1. The number of H-pyrrole nitrogens is 1. The fraction of sp³-hybridized carbons (Fsp3) is 0.448. The number of aromatic amines is 1. The van der Waals surface area contributed by atoms with Gasteiger partial charge in [-0.15, -0.1) is 5.10 Å². The Labute approximate surface area is 221 Å². The first-order valence-electron chi connectivity index (χ1n) is 13.5. The molecule has 2 aromatic carbocycles. The van der Waals surface area contributed by atoms with E-state index in [0.717, 1.165) is 62.7 Å². The van der Waals surface area contributed by atoms with Crippen LogP contribution in [-0.2, 0) is 17.7 Å². The number of piperidine rings is 1. The van der Waals surface area contributed by atoms with Crippen LogP contribution in [0.25, 0.3) is 10.9 Å². The maximum atomic E-state index is 13.5. The van der Waals surface area contributed by atoms with Crippen LogP contribution >= 0.6 is 0 Å². The molecule has 4 aromatic rings. The third-order valence-electron chi connectivity index (χ3n) is 7.96. The van der Waals surface area contributed by atoms with Gasteiger partial charge in [0.15, 0.2) is 5.82 Å². The van der Waals surface area contributed by atoms with E-state index in [1.54, 1.807) is 7.11 Å². The number of nitrogens with zero attached hydrogens (tertiary/aromatic N) is 5. The molecule has 2 saturated heterocycles. The maximum absolute atomic E-state index is 13.5. The van der Waals surface area contributed by atoms with Crippen molar-refractivity contribution in [2.24, 2.45) is 5.92 Å². The molecular weight excluding hydrogens is 480 g/mol. The zero-order chi connectivity index (χ0) is 25.9. The Balaban J connectivity index is 1.32. The number of aromatic nitrogens is 5. The normalized spacial score (nSPS) is 19.7. The highest BCUT2D eigenvalue weighted by molar-refractivity contribution is 5.80. The summed E-state index contributed by atoms with van der Waals surface area (Å²) >= 11 is 0. The molecule has 1 N–H and O–H groups in total. The highest BCUT2D eigenvalue weighted by Gasteiger charge is 2.34. The summed E-state index contributed by atoms with van der Waals surface area (Å²) in [5.41, 5.74) is 2.66. The van der Waals surface area contributed by atoms with Crippen LogP contribution in [0.1, 0.15) is 48.7 Å². The number of nitrogens with one attached hydrogen (secondary N) is 1. The van der Waals surface area contributed by atoms with Gasteiger partial charge in [-0.3, -0.25) is 9.69 Å². The number of hydrogen-bond donors (Lipinski definition) is 1. The van der Waals surface area contributed by atoms with Gasteiger partial charge in [0.25, 0.3) is 5.56 Å². The number of fused-ring (bicyclic) bond motifs is 1. The molecule has 9 nitrogen and oxygen atoms in total. The van der Waals surface area contributed by atoms with Crippen molar-refractivity contribution in [1.82, 2.24) is 30.1 Å². The van der Waals surface area contributed by atoms with E-state index >= 15 is 0 Å². The number of benzene rings is 2. The van der Waals surface area contributed by atoms with Gasteiger partial charge in [-0.2, -0.15) is 0 Å². The number of tetrazole rings is 1. The van der Waals surface area contributed by atoms with Crippen molar-refractivity contribution in [2.45, 2.75) is 50.8 Å². The van der Waals surface area contributed by atoms with Gasteiger partial charge in [0.1, 0.15) is 11.8 Å². The molecular formula is C29H34N6O3. The molecule has 0 saturated carbocycles.